The molecule has 0 aliphatic carbocycles. The van der Waals surface area contributed by atoms with Crippen molar-refractivity contribution < 1.29 is 18.0 Å². The van der Waals surface area contributed by atoms with Crippen molar-refractivity contribution in [2.75, 3.05) is 10.8 Å². The summed E-state index contributed by atoms with van der Waals surface area (Å²) in [6.45, 7) is 8.63. The average Bonchev–Trinajstić information content (AvgIpc) is 2.90. The summed E-state index contributed by atoms with van der Waals surface area (Å²) in [4.78, 5) is 28.6. The number of halogens is 2. The monoisotopic (exact) mass is 603 g/mol. The normalized spacial score (nSPS) is 12.9. The number of hydrogen-bond acceptors (Lipinski definition) is 4. The van der Waals surface area contributed by atoms with Gasteiger partial charge >= 0.3 is 0 Å². The molecule has 0 unspecified atom stereocenters. The molecule has 0 fully saturated rings. The molecular weight excluding hydrogens is 569 g/mol. The van der Waals surface area contributed by atoms with Crippen LogP contribution in [0, 0.1) is 13.8 Å². The van der Waals surface area contributed by atoms with E-state index >= 15 is 0 Å². The Labute approximate surface area is 247 Å². The zero-order valence-corrected chi connectivity index (χ0v) is 25.6. The molecule has 3 aromatic carbocycles. The zero-order chi connectivity index (χ0) is 29.6. The highest BCUT2D eigenvalue weighted by Gasteiger charge is 2.33. The first-order valence-electron chi connectivity index (χ1n) is 13.0. The Hall–Kier alpha value is -3.07. The second kappa shape index (κ2) is 13.5. The van der Waals surface area contributed by atoms with E-state index in [9.17, 15) is 18.0 Å². The quantitative estimate of drug-likeness (QED) is 0.285. The highest BCUT2D eigenvalue weighted by Crippen LogP contribution is 2.28. The fraction of sp³-hybridized carbons (Fsp3) is 0.333. The van der Waals surface area contributed by atoms with E-state index in [4.69, 9.17) is 23.2 Å². The molecule has 2 amide bonds. The Balaban J connectivity index is 2.07. The standard InChI is InChI=1S/C30H35Cl2N3O4S/c1-6-22(4)33-30(37)23(5)34(18-24-12-13-25(31)17-28(24)32)29(36)19-35(26-15-20(2)14-21(3)16-26)40(38,39)27-10-8-7-9-11-27/h7-17,22-23H,6,18-19H2,1-5H3,(H,33,37)/t22-,23+/m1/s1. The van der Waals surface area contributed by atoms with Crippen molar-refractivity contribution in [3.05, 3.63) is 93.5 Å². The number of benzene rings is 3. The minimum Gasteiger partial charge on any atom is -0.352 e. The first kappa shape index (κ1) is 31.5. The third-order valence-corrected chi connectivity index (χ3v) is 9.00. The molecule has 3 aromatic rings. The summed E-state index contributed by atoms with van der Waals surface area (Å²) in [5.74, 6) is -0.909. The summed E-state index contributed by atoms with van der Waals surface area (Å²) in [5, 5.41) is 3.68. The number of amides is 2. The van der Waals surface area contributed by atoms with Crippen molar-refractivity contribution in [3.63, 3.8) is 0 Å². The van der Waals surface area contributed by atoms with E-state index in [0.29, 0.717) is 27.7 Å². The van der Waals surface area contributed by atoms with Crippen LogP contribution in [0.5, 0.6) is 0 Å². The third-order valence-electron chi connectivity index (χ3n) is 6.63. The van der Waals surface area contributed by atoms with E-state index in [1.807, 2.05) is 33.8 Å². The largest absolute Gasteiger partial charge is 0.352 e. The van der Waals surface area contributed by atoms with Crippen LogP contribution in [0.1, 0.15) is 43.9 Å². The Kier molecular flexibility index (Phi) is 10.6. The van der Waals surface area contributed by atoms with Gasteiger partial charge in [-0.1, -0.05) is 60.5 Å². The lowest BCUT2D eigenvalue weighted by atomic mass is 10.1. The second-order valence-electron chi connectivity index (χ2n) is 9.92. The maximum Gasteiger partial charge on any atom is 0.264 e. The zero-order valence-electron chi connectivity index (χ0n) is 23.3. The SMILES string of the molecule is CC[C@@H](C)NC(=O)[C@H](C)N(Cc1ccc(Cl)cc1Cl)C(=O)CN(c1cc(C)cc(C)c1)S(=O)(=O)c1ccccc1. The van der Waals surface area contributed by atoms with Crippen molar-refractivity contribution in [1.82, 2.24) is 10.2 Å². The summed E-state index contributed by atoms with van der Waals surface area (Å²) in [5.41, 5.74) is 2.63. The molecule has 10 heteroatoms. The van der Waals surface area contributed by atoms with Crippen LogP contribution in [0.25, 0.3) is 0 Å². The van der Waals surface area contributed by atoms with E-state index in [2.05, 4.69) is 5.32 Å². The number of nitrogens with one attached hydrogen (secondary N) is 1. The van der Waals surface area contributed by atoms with Crippen molar-refractivity contribution in [1.29, 1.82) is 0 Å². The number of sulfonamides is 1. The molecule has 0 aliphatic heterocycles. The van der Waals surface area contributed by atoms with Gasteiger partial charge in [0.05, 0.1) is 10.6 Å². The highest BCUT2D eigenvalue weighted by molar-refractivity contribution is 7.92. The maximum absolute atomic E-state index is 14.0. The molecule has 0 saturated carbocycles. The molecule has 1 N–H and O–H groups in total. The van der Waals surface area contributed by atoms with Gasteiger partial charge in [0.2, 0.25) is 11.8 Å². The first-order valence-corrected chi connectivity index (χ1v) is 15.2. The topological polar surface area (TPSA) is 86.8 Å². The van der Waals surface area contributed by atoms with Gasteiger partial charge in [0.25, 0.3) is 10.0 Å². The lowest BCUT2D eigenvalue weighted by Gasteiger charge is -2.32. The van der Waals surface area contributed by atoms with Gasteiger partial charge in [-0.2, -0.15) is 0 Å². The molecule has 0 saturated heterocycles. The fourth-order valence-electron chi connectivity index (χ4n) is 4.22. The van der Waals surface area contributed by atoms with Crippen LogP contribution in [-0.4, -0.2) is 43.8 Å². The predicted octanol–water partition coefficient (Wildman–Crippen LogP) is 6.14. The van der Waals surface area contributed by atoms with Crippen molar-refractivity contribution in [2.45, 2.75) is 64.6 Å². The summed E-state index contributed by atoms with van der Waals surface area (Å²) < 4.78 is 28.9. The number of nitrogens with zero attached hydrogens (tertiary/aromatic N) is 2. The van der Waals surface area contributed by atoms with E-state index in [1.54, 1.807) is 55.5 Å². The molecule has 0 bridgehead atoms. The van der Waals surface area contributed by atoms with Crippen LogP contribution in [0.3, 0.4) is 0 Å². The number of carbonyl (C=O) groups excluding carboxylic acids is 2. The maximum atomic E-state index is 14.0. The number of carbonyl (C=O) groups is 2. The lowest BCUT2D eigenvalue weighted by Crippen LogP contribution is -2.52. The van der Waals surface area contributed by atoms with Gasteiger partial charge in [-0.05, 0) is 87.2 Å². The highest BCUT2D eigenvalue weighted by atomic mass is 35.5. The molecule has 0 aliphatic rings. The molecule has 0 heterocycles. The van der Waals surface area contributed by atoms with Gasteiger partial charge in [0, 0.05) is 22.6 Å². The molecule has 0 spiro atoms. The Morgan fingerprint density at radius 2 is 1.55 bits per heavy atom. The van der Waals surface area contributed by atoms with Crippen molar-refractivity contribution >= 4 is 50.7 Å². The molecule has 2 atom stereocenters. The Bertz CT molecular complexity index is 1440. The van der Waals surface area contributed by atoms with Gasteiger partial charge in [-0.3, -0.25) is 13.9 Å². The minimum absolute atomic E-state index is 0.0179. The fourth-order valence-corrected chi connectivity index (χ4v) is 6.11. The van der Waals surface area contributed by atoms with E-state index in [-0.39, 0.29) is 23.4 Å². The Morgan fingerprint density at radius 3 is 2.12 bits per heavy atom. The third kappa shape index (κ3) is 7.77. The lowest BCUT2D eigenvalue weighted by molar-refractivity contribution is -0.139. The summed E-state index contributed by atoms with van der Waals surface area (Å²) in [6, 6.07) is 17.2. The predicted molar refractivity (Wildman–Crippen MR) is 161 cm³/mol. The van der Waals surface area contributed by atoms with Gasteiger partial charge in [-0.15, -0.1) is 0 Å². The number of hydrogen-bond donors (Lipinski definition) is 1. The summed E-state index contributed by atoms with van der Waals surface area (Å²) >= 11 is 12.5. The molecular formula is C30H35Cl2N3O4S. The van der Waals surface area contributed by atoms with E-state index < -0.39 is 28.5 Å². The molecule has 40 heavy (non-hydrogen) atoms. The van der Waals surface area contributed by atoms with Gasteiger partial charge < -0.3 is 10.2 Å². The van der Waals surface area contributed by atoms with Crippen molar-refractivity contribution in [2.24, 2.45) is 0 Å². The average molecular weight is 605 g/mol. The molecule has 0 radical (unpaired) electrons. The van der Waals surface area contributed by atoms with Crippen LogP contribution in [-0.2, 0) is 26.2 Å². The molecule has 3 rings (SSSR count). The Morgan fingerprint density at radius 1 is 0.925 bits per heavy atom. The smallest absolute Gasteiger partial charge is 0.264 e. The molecule has 7 nitrogen and oxygen atoms in total. The van der Waals surface area contributed by atoms with E-state index in [1.165, 1.54) is 17.0 Å². The number of rotatable bonds is 11. The summed E-state index contributed by atoms with van der Waals surface area (Å²) in [7, 11) is -4.13. The second-order valence-corrected chi connectivity index (χ2v) is 12.6. The van der Waals surface area contributed by atoms with Crippen LogP contribution >= 0.6 is 23.2 Å². The van der Waals surface area contributed by atoms with Gasteiger partial charge in [-0.25, -0.2) is 8.42 Å². The van der Waals surface area contributed by atoms with Gasteiger partial charge in [0.1, 0.15) is 12.6 Å². The number of aryl methyl sites for hydroxylation is 2. The minimum atomic E-state index is -4.13. The number of anilines is 1. The summed E-state index contributed by atoms with van der Waals surface area (Å²) in [6.07, 6.45) is 0.714. The van der Waals surface area contributed by atoms with Crippen LogP contribution in [0.4, 0.5) is 5.69 Å². The van der Waals surface area contributed by atoms with Crippen LogP contribution < -0.4 is 9.62 Å². The van der Waals surface area contributed by atoms with Crippen molar-refractivity contribution in [3.8, 4) is 0 Å². The van der Waals surface area contributed by atoms with Gasteiger partial charge in [0.15, 0.2) is 0 Å². The van der Waals surface area contributed by atoms with Crippen LogP contribution in [0.15, 0.2) is 71.6 Å². The molecule has 0 aromatic heterocycles. The van der Waals surface area contributed by atoms with E-state index in [0.717, 1.165) is 15.4 Å². The first-order chi connectivity index (χ1) is 18.8. The molecule has 214 valence electrons. The van der Waals surface area contributed by atoms with Crippen LogP contribution in [0.2, 0.25) is 10.0 Å².